The van der Waals surface area contributed by atoms with E-state index in [-0.39, 0.29) is 17.9 Å². The molecule has 1 N–H and O–H groups in total. The van der Waals surface area contributed by atoms with Crippen molar-refractivity contribution in [3.05, 3.63) is 119 Å². The van der Waals surface area contributed by atoms with E-state index in [1.165, 1.54) is 21.3 Å². The summed E-state index contributed by atoms with van der Waals surface area (Å²) in [5.41, 5.74) is 4.87. The number of carbonyl (C=O) groups excluding carboxylic acids is 1. The molecule has 0 atom stereocenters. The molecule has 234 valence electrons. The van der Waals surface area contributed by atoms with Gasteiger partial charge in [0.25, 0.3) is 5.56 Å². The van der Waals surface area contributed by atoms with Gasteiger partial charge in [-0.1, -0.05) is 65.8 Å². The lowest BCUT2D eigenvalue weighted by atomic mass is 9.96. The Morgan fingerprint density at radius 2 is 1.57 bits per heavy atom. The number of ether oxygens (including phenoxy) is 3. The molecule has 0 saturated carbocycles. The number of hydrogen-bond acceptors (Lipinski definition) is 7. The summed E-state index contributed by atoms with van der Waals surface area (Å²) in [5, 5.41) is 10.7. The molecular weight excluding hydrogens is 594 g/mol. The Morgan fingerprint density at radius 1 is 0.830 bits per heavy atom. The van der Waals surface area contributed by atoms with Gasteiger partial charge in [-0.25, -0.2) is 0 Å². The molecule has 9 heteroatoms. The van der Waals surface area contributed by atoms with Crippen LogP contribution in [-0.4, -0.2) is 37.0 Å². The Balaban J connectivity index is 1.29. The molecule has 0 unspecified atom stereocenters. The van der Waals surface area contributed by atoms with Crippen LogP contribution < -0.4 is 25.1 Å². The highest BCUT2D eigenvalue weighted by Crippen LogP contribution is 2.40. The average molecular weight is 626 g/mol. The zero-order valence-corrected chi connectivity index (χ0v) is 26.3. The van der Waals surface area contributed by atoms with Gasteiger partial charge in [0, 0.05) is 28.9 Å². The maximum absolute atomic E-state index is 14.1. The molecule has 0 aliphatic carbocycles. The molecule has 5 aromatic carbocycles. The Bertz CT molecular complexity index is 2360. The Labute approximate surface area is 269 Å². The molecule has 0 saturated heterocycles. The molecule has 0 aliphatic rings. The van der Waals surface area contributed by atoms with E-state index in [9.17, 15) is 9.59 Å². The van der Waals surface area contributed by atoms with Crippen LogP contribution in [0.3, 0.4) is 0 Å². The summed E-state index contributed by atoms with van der Waals surface area (Å²) in [6, 6.07) is 31.3. The first-order valence-corrected chi connectivity index (χ1v) is 15.0. The molecule has 0 radical (unpaired) electrons. The zero-order valence-electron chi connectivity index (χ0n) is 26.3. The van der Waals surface area contributed by atoms with E-state index < -0.39 is 0 Å². The fourth-order valence-corrected chi connectivity index (χ4v) is 6.20. The number of benzene rings is 5. The smallest absolute Gasteiger partial charge is 0.268 e. The largest absolute Gasteiger partial charge is 0.493 e. The van der Waals surface area contributed by atoms with Crippen LogP contribution in [0.1, 0.15) is 11.3 Å². The fourth-order valence-electron chi connectivity index (χ4n) is 6.20. The predicted molar refractivity (Wildman–Crippen MR) is 183 cm³/mol. The van der Waals surface area contributed by atoms with Crippen molar-refractivity contribution in [3.8, 4) is 34.1 Å². The van der Waals surface area contributed by atoms with Crippen LogP contribution in [0.15, 0.2) is 106 Å². The van der Waals surface area contributed by atoms with E-state index >= 15 is 0 Å². The number of fused-ring (bicyclic) bond motifs is 4. The first-order valence-electron chi connectivity index (χ1n) is 15.0. The second-order valence-corrected chi connectivity index (χ2v) is 11.2. The van der Waals surface area contributed by atoms with E-state index in [2.05, 4.69) is 40.8 Å². The van der Waals surface area contributed by atoms with Gasteiger partial charge in [-0.15, -0.1) is 0 Å². The molecule has 0 aliphatic heterocycles. The van der Waals surface area contributed by atoms with Gasteiger partial charge in [0.15, 0.2) is 11.5 Å². The third kappa shape index (κ3) is 5.21. The molecule has 0 fully saturated rings. The monoisotopic (exact) mass is 625 g/mol. The first kappa shape index (κ1) is 29.6. The summed E-state index contributed by atoms with van der Waals surface area (Å²) in [7, 11) is 4.55. The zero-order chi connectivity index (χ0) is 32.7. The number of carbonyl (C=O) groups is 1. The van der Waals surface area contributed by atoms with Crippen LogP contribution in [-0.2, 0) is 11.2 Å². The number of amides is 1. The average Bonchev–Trinajstić information content (AvgIpc) is 3.49. The van der Waals surface area contributed by atoms with Crippen molar-refractivity contribution >= 4 is 44.2 Å². The molecule has 9 nitrogen and oxygen atoms in total. The highest BCUT2D eigenvalue weighted by molar-refractivity contribution is 6.07. The third-order valence-electron chi connectivity index (χ3n) is 8.35. The third-order valence-corrected chi connectivity index (χ3v) is 8.35. The van der Waals surface area contributed by atoms with E-state index in [0.29, 0.717) is 50.8 Å². The van der Waals surface area contributed by atoms with Crippen molar-refractivity contribution in [3.63, 3.8) is 0 Å². The minimum absolute atomic E-state index is 0.0664. The number of aryl methyl sites for hydroxylation is 1. The van der Waals surface area contributed by atoms with Gasteiger partial charge in [0.2, 0.25) is 11.7 Å². The van der Waals surface area contributed by atoms with E-state index in [0.717, 1.165) is 32.8 Å². The van der Waals surface area contributed by atoms with Gasteiger partial charge in [0.05, 0.1) is 33.3 Å². The van der Waals surface area contributed by atoms with E-state index in [1.54, 1.807) is 23.6 Å². The van der Waals surface area contributed by atoms with Crippen molar-refractivity contribution in [1.29, 1.82) is 0 Å². The van der Waals surface area contributed by atoms with E-state index in [1.807, 2.05) is 54.6 Å². The molecular formula is C38H31N3O6. The number of anilines is 1. The lowest BCUT2D eigenvalue weighted by molar-refractivity contribution is -0.115. The van der Waals surface area contributed by atoms with Crippen molar-refractivity contribution in [2.75, 3.05) is 26.6 Å². The highest BCUT2D eigenvalue weighted by atomic mass is 16.5. The number of pyridine rings is 1. The second kappa shape index (κ2) is 12.0. The summed E-state index contributed by atoms with van der Waals surface area (Å²) in [4.78, 5) is 27.3. The van der Waals surface area contributed by atoms with Crippen LogP contribution >= 0.6 is 0 Å². The highest BCUT2D eigenvalue weighted by Gasteiger charge is 2.20. The molecule has 0 spiro atoms. The number of rotatable bonds is 8. The molecule has 47 heavy (non-hydrogen) atoms. The number of nitrogens with one attached hydrogen (secondary N) is 1. The van der Waals surface area contributed by atoms with Gasteiger partial charge in [-0.2, -0.15) is 0 Å². The lowest BCUT2D eigenvalue weighted by Gasteiger charge is -2.15. The Morgan fingerprint density at radius 3 is 2.34 bits per heavy atom. The predicted octanol–water partition coefficient (Wildman–Crippen LogP) is 7.47. The SMILES string of the molecule is COc1cc(NC(=O)Cc2cccc(-n3c(=O)c4c(C)onc4c4cc(-c5cccc6ccccc56)ccc43)c2)cc(OC)c1OC. The summed E-state index contributed by atoms with van der Waals surface area (Å²) >= 11 is 0. The number of nitrogens with zero attached hydrogens (tertiary/aromatic N) is 2. The van der Waals surface area contributed by atoms with Gasteiger partial charge < -0.3 is 24.1 Å². The molecule has 2 aromatic heterocycles. The van der Waals surface area contributed by atoms with Gasteiger partial charge in [-0.05, 0) is 58.7 Å². The molecule has 7 rings (SSSR count). The van der Waals surface area contributed by atoms with Gasteiger partial charge in [-0.3, -0.25) is 14.2 Å². The molecule has 1 amide bonds. The molecule has 7 aromatic rings. The van der Waals surface area contributed by atoms with Gasteiger partial charge in [0.1, 0.15) is 16.7 Å². The molecule has 0 bridgehead atoms. The van der Waals surface area contributed by atoms with Crippen LogP contribution in [0.2, 0.25) is 0 Å². The minimum Gasteiger partial charge on any atom is -0.493 e. The van der Waals surface area contributed by atoms with Crippen LogP contribution in [0, 0.1) is 6.92 Å². The van der Waals surface area contributed by atoms with Crippen molar-refractivity contribution in [2.24, 2.45) is 0 Å². The summed E-state index contributed by atoms with van der Waals surface area (Å²) in [5.74, 6) is 1.48. The van der Waals surface area contributed by atoms with Crippen LogP contribution in [0.25, 0.3) is 49.4 Å². The fraction of sp³-hybridized carbons (Fsp3) is 0.132. The van der Waals surface area contributed by atoms with Crippen LogP contribution in [0.5, 0.6) is 17.2 Å². The summed E-state index contributed by atoms with van der Waals surface area (Å²) in [6.45, 7) is 1.74. The summed E-state index contributed by atoms with van der Waals surface area (Å²) < 4.78 is 23.4. The second-order valence-electron chi connectivity index (χ2n) is 11.2. The number of aromatic nitrogens is 2. The Hall–Kier alpha value is -6.09. The normalized spacial score (nSPS) is 11.2. The lowest BCUT2D eigenvalue weighted by Crippen LogP contribution is -2.20. The summed E-state index contributed by atoms with van der Waals surface area (Å²) in [6.07, 6.45) is 0.0664. The topological polar surface area (TPSA) is 105 Å². The van der Waals surface area contributed by atoms with Crippen molar-refractivity contribution in [2.45, 2.75) is 13.3 Å². The first-order chi connectivity index (χ1) is 22.9. The van der Waals surface area contributed by atoms with Crippen molar-refractivity contribution in [1.82, 2.24) is 9.72 Å². The van der Waals surface area contributed by atoms with E-state index in [4.69, 9.17) is 18.7 Å². The standard InChI is InChI=1S/C38H31N3O6/c1-22-35-36(40-47-22)30-19-25(29-14-8-11-24-10-5-6-13-28(24)29)15-16-31(30)41(38(35)43)27-12-7-9-23(17-27)18-34(42)39-26-20-32(44-2)37(46-4)33(21-26)45-3/h5-17,19-21H,18H2,1-4H3,(H,39,42). The van der Waals surface area contributed by atoms with Gasteiger partial charge >= 0.3 is 0 Å². The van der Waals surface area contributed by atoms with Crippen molar-refractivity contribution < 1.29 is 23.5 Å². The number of methoxy groups -OCH3 is 3. The maximum Gasteiger partial charge on any atom is 0.268 e. The Kier molecular flexibility index (Phi) is 7.57. The van der Waals surface area contributed by atoms with Crippen LogP contribution in [0.4, 0.5) is 5.69 Å². The maximum atomic E-state index is 14.1. The molecule has 2 heterocycles. The number of hydrogen-bond donors (Lipinski definition) is 1. The minimum atomic E-state index is -0.251. The quantitative estimate of drug-likeness (QED) is 0.187.